The van der Waals surface area contributed by atoms with Crippen LogP contribution in [-0.2, 0) is 6.42 Å². The van der Waals surface area contributed by atoms with E-state index in [9.17, 15) is 0 Å². The van der Waals surface area contributed by atoms with Crippen LogP contribution in [0.15, 0.2) is 18.5 Å². The van der Waals surface area contributed by atoms with Crippen LogP contribution >= 0.6 is 11.6 Å². The number of anilines is 1. The highest BCUT2D eigenvalue weighted by Gasteiger charge is 2.12. The molecule has 0 fully saturated rings. The molecular weight excluding hydrogens is 288 g/mol. The van der Waals surface area contributed by atoms with E-state index in [1.807, 2.05) is 13.8 Å². The first-order chi connectivity index (χ1) is 10.1. The third kappa shape index (κ3) is 4.04. The maximum atomic E-state index is 5.92. The minimum atomic E-state index is 0.527. The largest absolute Gasteiger partial charge is 0.437 e. The molecule has 2 heterocycles. The van der Waals surface area contributed by atoms with Gasteiger partial charge in [-0.05, 0) is 13.3 Å². The Kier molecular flexibility index (Phi) is 5.33. The quantitative estimate of drug-likeness (QED) is 0.873. The molecule has 0 atom stereocenters. The number of nitrogens with zero attached hydrogens (tertiary/aromatic N) is 3. The van der Waals surface area contributed by atoms with E-state index in [1.165, 1.54) is 0 Å². The fourth-order valence-corrected chi connectivity index (χ4v) is 1.94. The van der Waals surface area contributed by atoms with E-state index in [0.29, 0.717) is 16.7 Å². The average molecular weight is 307 g/mol. The summed E-state index contributed by atoms with van der Waals surface area (Å²) in [6.45, 7) is 6.92. The van der Waals surface area contributed by atoms with Crippen molar-refractivity contribution >= 4 is 17.4 Å². The number of pyridine rings is 1. The molecule has 0 bridgehead atoms. The molecule has 2 aromatic heterocycles. The standard InChI is InChI=1S/C15H19ClN4O/c1-4-6-18-14-10(3)15(20-13(5-2)19-14)21-12-7-11(16)8-17-9-12/h7-9H,4-6H2,1-3H3,(H,18,19,20). The highest BCUT2D eigenvalue weighted by atomic mass is 35.5. The maximum Gasteiger partial charge on any atom is 0.227 e. The molecule has 0 saturated carbocycles. The maximum absolute atomic E-state index is 5.92. The van der Waals surface area contributed by atoms with E-state index < -0.39 is 0 Å². The monoisotopic (exact) mass is 306 g/mol. The minimum absolute atomic E-state index is 0.527. The van der Waals surface area contributed by atoms with Crippen molar-refractivity contribution in [1.82, 2.24) is 15.0 Å². The van der Waals surface area contributed by atoms with E-state index >= 15 is 0 Å². The lowest BCUT2D eigenvalue weighted by atomic mass is 10.3. The highest BCUT2D eigenvalue weighted by Crippen LogP contribution is 2.28. The molecule has 0 spiro atoms. The molecule has 0 saturated heterocycles. The molecule has 112 valence electrons. The Labute approximate surface area is 129 Å². The zero-order valence-corrected chi connectivity index (χ0v) is 13.2. The van der Waals surface area contributed by atoms with E-state index in [1.54, 1.807) is 18.5 Å². The summed E-state index contributed by atoms with van der Waals surface area (Å²) in [5.74, 6) is 2.65. The number of rotatable bonds is 6. The highest BCUT2D eigenvalue weighted by molar-refractivity contribution is 6.30. The van der Waals surface area contributed by atoms with Crippen molar-refractivity contribution in [2.45, 2.75) is 33.6 Å². The van der Waals surface area contributed by atoms with E-state index in [4.69, 9.17) is 16.3 Å². The fraction of sp³-hybridized carbons (Fsp3) is 0.400. The molecule has 6 heteroatoms. The van der Waals surface area contributed by atoms with E-state index in [0.717, 1.165) is 36.6 Å². The topological polar surface area (TPSA) is 59.9 Å². The zero-order valence-electron chi connectivity index (χ0n) is 12.5. The van der Waals surface area contributed by atoms with Crippen LogP contribution in [0.3, 0.4) is 0 Å². The average Bonchev–Trinajstić information content (AvgIpc) is 2.48. The third-order valence-corrected chi connectivity index (χ3v) is 3.11. The zero-order chi connectivity index (χ0) is 15.2. The predicted octanol–water partition coefficient (Wildman–Crippen LogP) is 4.01. The minimum Gasteiger partial charge on any atom is -0.437 e. The van der Waals surface area contributed by atoms with Crippen molar-refractivity contribution in [3.05, 3.63) is 34.9 Å². The third-order valence-electron chi connectivity index (χ3n) is 2.90. The predicted molar refractivity (Wildman–Crippen MR) is 84.2 cm³/mol. The van der Waals surface area contributed by atoms with Crippen molar-refractivity contribution in [1.29, 1.82) is 0 Å². The number of nitrogens with one attached hydrogen (secondary N) is 1. The van der Waals surface area contributed by atoms with Gasteiger partial charge in [-0.1, -0.05) is 25.4 Å². The van der Waals surface area contributed by atoms with Gasteiger partial charge in [0.25, 0.3) is 0 Å². The van der Waals surface area contributed by atoms with Gasteiger partial charge in [0.05, 0.1) is 16.8 Å². The van der Waals surface area contributed by atoms with Gasteiger partial charge in [-0.3, -0.25) is 4.98 Å². The van der Waals surface area contributed by atoms with Crippen molar-refractivity contribution in [3.8, 4) is 11.6 Å². The van der Waals surface area contributed by atoms with Crippen LogP contribution in [0.5, 0.6) is 11.6 Å². The Morgan fingerprint density at radius 3 is 2.71 bits per heavy atom. The first kappa shape index (κ1) is 15.5. The van der Waals surface area contributed by atoms with Crippen LogP contribution in [-0.4, -0.2) is 21.5 Å². The van der Waals surface area contributed by atoms with Crippen molar-refractivity contribution in [3.63, 3.8) is 0 Å². The molecular formula is C15H19ClN4O. The molecule has 2 aromatic rings. The second kappa shape index (κ2) is 7.22. The van der Waals surface area contributed by atoms with Crippen molar-refractivity contribution < 1.29 is 4.74 Å². The molecule has 0 aromatic carbocycles. The van der Waals surface area contributed by atoms with Gasteiger partial charge in [0.2, 0.25) is 5.88 Å². The van der Waals surface area contributed by atoms with E-state index in [-0.39, 0.29) is 0 Å². The van der Waals surface area contributed by atoms with Gasteiger partial charge in [0.15, 0.2) is 0 Å². The normalized spacial score (nSPS) is 10.5. The lowest BCUT2D eigenvalue weighted by Gasteiger charge is -2.13. The van der Waals surface area contributed by atoms with Gasteiger partial charge >= 0.3 is 0 Å². The lowest BCUT2D eigenvalue weighted by molar-refractivity contribution is 0.453. The summed E-state index contributed by atoms with van der Waals surface area (Å²) in [6.07, 6.45) is 4.94. The molecule has 5 nitrogen and oxygen atoms in total. The second-order valence-electron chi connectivity index (χ2n) is 4.64. The van der Waals surface area contributed by atoms with Crippen LogP contribution in [0.4, 0.5) is 5.82 Å². The molecule has 0 unspecified atom stereocenters. The Morgan fingerprint density at radius 2 is 2.05 bits per heavy atom. The summed E-state index contributed by atoms with van der Waals surface area (Å²) in [7, 11) is 0. The Morgan fingerprint density at radius 1 is 1.24 bits per heavy atom. The Hall–Kier alpha value is -1.88. The molecule has 0 aliphatic carbocycles. The van der Waals surface area contributed by atoms with Crippen molar-refractivity contribution in [2.75, 3.05) is 11.9 Å². The van der Waals surface area contributed by atoms with Crippen LogP contribution in [0.1, 0.15) is 31.7 Å². The van der Waals surface area contributed by atoms with Crippen LogP contribution in [0, 0.1) is 6.92 Å². The second-order valence-corrected chi connectivity index (χ2v) is 5.08. The molecule has 1 N–H and O–H groups in total. The molecule has 0 amide bonds. The van der Waals surface area contributed by atoms with Crippen LogP contribution < -0.4 is 10.1 Å². The number of ether oxygens (including phenoxy) is 1. The molecule has 0 aliphatic rings. The van der Waals surface area contributed by atoms with Crippen LogP contribution in [0.2, 0.25) is 5.02 Å². The number of aryl methyl sites for hydroxylation is 1. The van der Waals surface area contributed by atoms with Crippen molar-refractivity contribution in [2.24, 2.45) is 0 Å². The molecule has 21 heavy (non-hydrogen) atoms. The fourth-order valence-electron chi connectivity index (χ4n) is 1.77. The van der Waals surface area contributed by atoms with E-state index in [2.05, 4.69) is 27.2 Å². The molecule has 2 rings (SSSR count). The molecule has 0 radical (unpaired) electrons. The summed E-state index contributed by atoms with van der Waals surface area (Å²) in [5.41, 5.74) is 0.876. The van der Waals surface area contributed by atoms with Gasteiger partial charge in [0, 0.05) is 25.2 Å². The summed E-state index contributed by atoms with van der Waals surface area (Å²) < 4.78 is 5.82. The smallest absolute Gasteiger partial charge is 0.227 e. The number of hydrogen-bond acceptors (Lipinski definition) is 5. The summed E-state index contributed by atoms with van der Waals surface area (Å²) in [6, 6.07) is 1.71. The molecule has 0 aliphatic heterocycles. The first-order valence-corrected chi connectivity index (χ1v) is 7.41. The first-order valence-electron chi connectivity index (χ1n) is 7.03. The Bertz CT molecular complexity index is 619. The number of halogens is 1. The van der Waals surface area contributed by atoms with Gasteiger partial charge in [-0.25, -0.2) is 4.98 Å². The summed E-state index contributed by atoms with van der Waals surface area (Å²) in [5, 5.41) is 3.83. The van der Waals surface area contributed by atoms with Gasteiger partial charge in [-0.2, -0.15) is 4.98 Å². The summed E-state index contributed by atoms with van der Waals surface area (Å²) in [4.78, 5) is 13.0. The lowest BCUT2D eigenvalue weighted by Crippen LogP contribution is -2.08. The van der Waals surface area contributed by atoms with Gasteiger partial charge in [-0.15, -0.1) is 0 Å². The number of aromatic nitrogens is 3. The van der Waals surface area contributed by atoms with Crippen LogP contribution in [0.25, 0.3) is 0 Å². The van der Waals surface area contributed by atoms with Gasteiger partial charge < -0.3 is 10.1 Å². The van der Waals surface area contributed by atoms with Gasteiger partial charge in [0.1, 0.15) is 17.4 Å². The number of hydrogen-bond donors (Lipinski definition) is 1. The Balaban J connectivity index is 2.33. The SMILES string of the molecule is CCCNc1nc(CC)nc(Oc2cncc(Cl)c2)c1C. The summed E-state index contributed by atoms with van der Waals surface area (Å²) >= 11 is 5.92.